The minimum absolute atomic E-state index is 0.0595. The van der Waals surface area contributed by atoms with Crippen LogP contribution in [-0.2, 0) is 14.3 Å². The van der Waals surface area contributed by atoms with E-state index < -0.39 is 0 Å². The van der Waals surface area contributed by atoms with Crippen molar-refractivity contribution in [3.05, 3.63) is 0 Å². The first-order valence-corrected chi connectivity index (χ1v) is 7.44. The van der Waals surface area contributed by atoms with Crippen molar-refractivity contribution in [3.8, 4) is 0 Å². The monoisotopic (exact) mass is 267 g/mol. The molecule has 0 aromatic rings. The Morgan fingerprint density at radius 1 is 1.26 bits per heavy atom. The molecule has 0 unspecified atom stereocenters. The Morgan fingerprint density at radius 3 is 2.68 bits per heavy atom. The van der Waals surface area contributed by atoms with E-state index in [1.54, 1.807) is 0 Å². The molecule has 2 saturated heterocycles. The topological polar surface area (TPSA) is 38.8 Å². The maximum Gasteiger partial charge on any atom is 0.223 e. The third-order valence-corrected chi connectivity index (χ3v) is 4.79. The third-order valence-electron chi connectivity index (χ3n) is 4.79. The molecule has 2 heterocycles. The smallest absolute Gasteiger partial charge is 0.223 e. The van der Waals surface area contributed by atoms with Gasteiger partial charge in [-0.2, -0.15) is 0 Å². The molecular formula is C15H25NO3. The number of hydrogen-bond donors (Lipinski definition) is 0. The molecule has 108 valence electrons. The number of fused-ring (bicyclic) bond motifs is 1. The van der Waals surface area contributed by atoms with Crippen LogP contribution in [-0.4, -0.2) is 48.3 Å². The minimum atomic E-state index is -0.256. The average Bonchev–Trinajstić information content (AvgIpc) is 2.88. The Balaban J connectivity index is 1.65. The maximum absolute atomic E-state index is 12.5. The summed E-state index contributed by atoms with van der Waals surface area (Å²) in [4.78, 5) is 14.5. The first-order chi connectivity index (χ1) is 8.89. The highest BCUT2D eigenvalue weighted by Gasteiger charge is 2.46. The summed E-state index contributed by atoms with van der Waals surface area (Å²) in [7, 11) is 0. The molecule has 19 heavy (non-hydrogen) atoms. The lowest BCUT2D eigenvalue weighted by Gasteiger charge is -2.45. The number of hydrogen-bond acceptors (Lipinski definition) is 3. The van der Waals surface area contributed by atoms with Gasteiger partial charge in [0.05, 0.1) is 24.9 Å². The molecule has 4 nitrogen and oxygen atoms in total. The minimum Gasteiger partial charge on any atom is -0.376 e. The van der Waals surface area contributed by atoms with Crippen LogP contribution in [0.5, 0.6) is 0 Å². The van der Waals surface area contributed by atoms with E-state index in [2.05, 4.69) is 20.8 Å². The lowest BCUT2D eigenvalue weighted by Crippen LogP contribution is -2.60. The van der Waals surface area contributed by atoms with Gasteiger partial charge in [-0.15, -0.1) is 0 Å². The highest BCUT2D eigenvalue weighted by molar-refractivity contribution is 5.77. The molecule has 1 saturated carbocycles. The van der Waals surface area contributed by atoms with E-state index in [0.29, 0.717) is 31.6 Å². The highest BCUT2D eigenvalue weighted by atomic mass is 16.6. The van der Waals surface area contributed by atoms with Crippen LogP contribution in [0, 0.1) is 5.41 Å². The third kappa shape index (κ3) is 2.79. The number of rotatable bonds is 3. The SMILES string of the molecule is CC1(CCC(=O)N2CC(C)(C)O[C@@H]3COC[C@H]32)CC1. The van der Waals surface area contributed by atoms with Crippen molar-refractivity contribution in [1.29, 1.82) is 0 Å². The van der Waals surface area contributed by atoms with Gasteiger partial charge in [-0.1, -0.05) is 6.92 Å². The van der Waals surface area contributed by atoms with Gasteiger partial charge in [-0.05, 0) is 38.5 Å². The molecule has 1 amide bonds. The molecule has 0 radical (unpaired) electrons. The van der Waals surface area contributed by atoms with Gasteiger partial charge < -0.3 is 14.4 Å². The molecule has 2 aliphatic heterocycles. The van der Waals surface area contributed by atoms with Gasteiger partial charge in [0, 0.05) is 13.0 Å². The van der Waals surface area contributed by atoms with Crippen LogP contribution in [0.3, 0.4) is 0 Å². The van der Waals surface area contributed by atoms with E-state index >= 15 is 0 Å². The number of nitrogens with zero attached hydrogens (tertiary/aromatic N) is 1. The van der Waals surface area contributed by atoms with E-state index in [1.807, 2.05) is 4.90 Å². The van der Waals surface area contributed by atoms with Crippen LogP contribution >= 0.6 is 0 Å². The summed E-state index contributed by atoms with van der Waals surface area (Å²) >= 11 is 0. The number of morpholine rings is 1. The predicted molar refractivity (Wildman–Crippen MR) is 71.8 cm³/mol. The molecule has 3 fully saturated rings. The van der Waals surface area contributed by atoms with E-state index in [9.17, 15) is 4.79 Å². The van der Waals surface area contributed by atoms with Crippen molar-refractivity contribution in [2.45, 2.75) is 64.2 Å². The Hall–Kier alpha value is -0.610. The van der Waals surface area contributed by atoms with Crippen LogP contribution in [0.2, 0.25) is 0 Å². The van der Waals surface area contributed by atoms with Crippen molar-refractivity contribution in [2.24, 2.45) is 5.41 Å². The molecular weight excluding hydrogens is 242 g/mol. The van der Waals surface area contributed by atoms with Gasteiger partial charge in [0.2, 0.25) is 5.91 Å². The molecule has 1 aliphatic carbocycles. The molecule has 0 aromatic carbocycles. The van der Waals surface area contributed by atoms with Gasteiger partial charge in [-0.25, -0.2) is 0 Å². The Labute approximate surface area is 115 Å². The normalized spacial score (nSPS) is 35.0. The molecule has 3 rings (SSSR count). The second kappa shape index (κ2) is 4.45. The number of amides is 1. The zero-order valence-corrected chi connectivity index (χ0v) is 12.3. The summed E-state index contributed by atoms with van der Waals surface area (Å²) in [5, 5.41) is 0. The molecule has 0 N–H and O–H groups in total. The second-order valence-corrected chi connectivity index (χ2v) is 7.35. The van der Waals surface area contributed by atoms with E-state index in [4.69, 9.17) is 9.47 Å². The molecule has 3 aliphatic rings. The average molecular weight is 267 g/mol. The number of carbonyl (C=O) groups excluding carboxylic acids is 1. The van der Waals surface area contributed by atoms with Gasteiger partial charge in [-0.3, -0.25) is 4.79 Å². The number of carbonyl (C=O) groups is 1. The first-order valence-electron chi connectivity index (χ1n) is 7.44. The van der Waals surface area contributed by atoms with Gasteiger partial charge in [0.25, 0.3) is 0 Å². The van der Waals surface area contributed by atoms with Crippen LogP contribution in [0.25, 0.3) is 0 Å². The molecule has 0 aromatic heterocycles. The van der Waals surface area contributed by atoms with E-state index in [0.717, 1.165) is 6.42 Å². The Bertz CT molecular complexity index is 376. The van der Waals surface area contributed by atoms with E-state index in [1.165, 1.54) is 12.8 Å². The van der Waals surface area contributed by atoms with Crippen LogP contribution < -0.4 is 0 Å². The highest BCUT2D eigenvalue weighted by Crippen LogP contribution is 2.49. The van der Waals surface area contributed by atoms with Crippen molar-refractivity contribution in [2.75, 3.05) is 19.8 Å². The fraction of sp³-hybridized carbons (Fsp3) is 0.933. The fourth-order valence-electron chi connectivity index (χ4n) is 3.19. The summed E-state index contributed by atoms with van der Waals surface area (Å²) in [5.41, 5.74) is 0.192. The largest absolute Gasteiger partial charge is 0.376 e. The quantitative estimate of drug-likeness (QED) is 0.785. The second-order valence-electron chi connectivity index (χ2n) is 7.35. The van der Waals surface area contributed by atoms with Crippen molar-refractivity contribution in [3.63, 3.8) is 0 Å². The zero-order valence-electron chi connectivity index (χ0n) is 12.3. The van der Waals surface area contributed by atoms with Crippen molar-refractivity contribution >= 4 is 5.91 Å². The molecule has 2 atom stereocenters. The summed E-state index contributed by atoms with van der Waals surface area (Å²) < 4.78 is 11.5. The fourth-order valence-corrected chi connectivity index (χ4v) is 3.19. The summed E-state index contributed by atoms with van der Waals surface area (Å²) in [6, 6.07) is 0.132. The first kappa shape index (κ1) is 13.4. The lowest BCUT2D eigenvalue weighted by atomic mass is 9.98. The molecule has 4 heteroatoms. The Morgan fingerprint density at radius 2 is 2.00 bits per heavy atom. The van der Waals surface area contributed by atoms with Crippen molar-refractivity contribution < 1.29 is 14.3 Å². The predicted octanol–water partition coefficient (Wildman–Crippen LogP) is 1.97. The van der Waals surface area contributed by atoms with Gasteiger partial charge >= 0.3 is 0 Å². The van der Waals surface area contributed by atoms with Gasteiger partial charge in [0.15, 0.2) is 0 Å². The Kier molecular flexibility index (Phi) is 3.13. The number of ether oxygens (including phenoxy) is 2. The van der Waals surface area contributed by atoms with E-state index in [-0.39, 0.29) is 23.7 Å². The molecule has 0 spiro atoms. The van der Waals surface area contributed by atoms with Crippen LogP contribution in [0.15, 0.2) is 0 Å². The molecule has 0 bridgehead atoms. The van der Waals surface area contributed by atoms with Crippen LogP contribution in [0.4, 0.5) is 0 Å². The van der Waals surface area contributed by atoms with Crippen LogP contribution in [0.1, 0.15) is 46.5 Å². The summed E-state index contributed by atoms with van der Waals surface area (Å²) in [5.74, 6) is 0.282. The summed E-state index contributed by atoms with van der Waals surface area (Å²) in [6.07, 6.45) is 4.33. The summed E-state index contributed by atoms with van der Waals surface area (Å²) in [6.45, 7) is 8.34. The standard InChI is InChI=1S/C15H25NO3/c1-14(2)10-16(11-8-18-9-12(11)19-14)13(17)4-5-15(3)6-7-15/h11-12H,4-10H2,1-3H3/t11-,12-/m1/s1. The lowest BCUT2D eigenvalue weighted by molar-refractivity contribution is -0.169. The maximum atomic E-state index is 12.5. The van der Waals surface area contributed by atoms with Gasteiger partial charge in [0.1, 0.15) is 6.10 Å². The zero-order chi connectivity index (χ0) is 13.7. The van der Waals surface area contributed by atoms with Crippen molar-refractivity contribution in [1.82, 2.24) is 4.90 Å².